The van der Waals surface area contributed by atoms with Crippen LogP contribution in [0.15, 0.2) is 24.3 Å². The summed E-state index contributed by atoms with van der Waals surface area (Å²) < 4.78 is 0. The lowest BCUT2D eigenvalue weighted by Crippen LogP contribution is -2.48. The van der Waals surface area contributed by atoms with Gasteiger partial charge in [0, 0.05) is 13.1 Å². The average Bonchev–Trinajstić information content (AvgIpc) is 2.90. The van der Waals surface area contributed by atoms with Crippen LogP contribution in [0, 0.1) is 5.92 Å². The van der Waals surface area contributed by atoms with Crippen molar-refractivity contribution in [2.75, 3.05) is 20.1 Å². The Kier molecular flexibility index (Phi) is 3.90. The molecule has 0 bridgehead atoms. The lowest BCUT2D eigenvalue weighted by atomic mass is 9.94. The molecule has 21 heavy (non-hydrogen) atoms. The third-order valence-corrected chi connectivity index (χ3v) is 3.98. The summed E-state index contributed by atoms with van der Waals surface area (Å²) in [6, 6.07) is 7.75. The van der Waals surface area contributed by atoms with Gasteiger partial charge in [-0.3, -0.25) is 4.79 Å². The summed E-state index contributed by atoms with van der Waals surface area (Å²) in [6.07, 6.45) is 0.0797. The predicted octanol–water partition coefficient (Wildman–Crippen LogP) is 0.492. The van der Waals surface area contributed by atoms with Crippen LogP contribution in [0.3, 0.4) is 0 Å². The number of aromatic amines is 1. The number of H-pyrrole nitrogens is 1. The van der Waals surface area contributed by atoms with Crippen molar-refractivity contribution < 1.29 is 9.90 Å². The van der Waals surface area contributed by atoms with Crippen LogP contribution in [0.5, 0.6) is 0 Å². The number of amides is 1. The number of aliphatic hydroxyl groups is 1. The Bertz CT molecular complexity index is 606. The van der Waals surface area contributed by atoms with E-state index in [1.807, 2.05) is 31.3 Å². The third-order valence-electron chi connectivity index (χ3n) is 3.98. The highest BCUT2D eigenvalue weighted by Crippen LogP contribution is 2.16. The van der Waals surface area contributed by atoms with Gasteiger partial charge in [-0.15, -0.1) is 0 Å². The van der Waals surface area contributed by atoms with Gasteiger partial charge in [-0.2, -0.15) is 0 Å². The maximum Gasteiger partial charge on any atom is 0.227 e. The van der Waals surface area contributed by atoms with Gasteiger partial charge < -0.3 is 20.3 Å². The van der Waals surface area contributed by atoms with Crippen molar-refractivity contribution >= 4 is 16.9 Å². The van der Waals surface area contributed by atoms with Gasteiger partial charge in [0.15, 0.2) is 0 Å². The highest BCUT2D eigenvalue weighted by molar-refractivity contribution is 5.80. The number of fused-ring (bicyclic) bond motifs is 1. The second kappa shape index (κ2) is 5.83. The van der Waals surface area contributed by atoms with Crippen LogP contribution in [0.25, 0.3) is 11.0 Å². The van der Waals surface area contributed by atoms with Gasteiger partial charge >= 0.3 is 0 Å². The molecular formula is C15H20N4O2. The van der Waals surface area contributed by atoms with Crippen molar-refractivity contribution in [2.24, 2.45) is 5.92 Å². The van der Waals surface area contributed by atoms with Gasteiger partial charge in [0.05, 0.1) is 29.6 Å². The van der Waals surface area contributed by atoms with E-state index in [1.54, 1.807) is 0 Å². The van der Waals surface area contributed by atoms with E-state index in [-0.39, 0.29) is 11.8 Å². The minimum Gasteiger partial charge on any atom is -0.392 e. The number of aliphatic hydroxyl groups excluding tert-OH is 1. The minimum atomic E-state index is -0.558. The number of nitrogens with zero attached hydrogens (tertiary/aromatic N) is 2. The number of rotatable bonds is 3. The topological polar surface area (TPSA) is 81.2 Å². The van der Waals surface area contributed by atoms with E-state index in [2.05, 4.69) is 20.2 Å². The molecule has 0 radical (unpaired) electrons. The fraction of sp³-hybridized carbons (Fsp3) is 0.467. The van der Waals surface area contributed by atoms with Crippen molar-refractivity contribution in [3.8, 4) is 0 Å². The molecule has 6 nitrogen and oxygen atoms in total. The molecule has 1 fully saturated rings. The smallest absolute Gasteiger partial charge is 0.227 e. The number of piperidine rings is 1. The van der Waals surface area contributed by atoms with Gasteiger partial charge in [0.25, 0.3) is 0 Å². The number of carbonyl (C=O) groups is 1. The Hall–Kier alpha value is -1.92. The fourth-order valence-electron chi connectivity index (χ4n) is 2.75. The van der Waals surface area contributed by atoms with Gasteiger partial charge in [-0.1, -0.05) is 12.1 Å². The summed E-state index contributed by atoms with van der Waals surface area (Å²) in [7, 11) is 1.96. The Morgan fingerprint density at radius 3 is 3.14 bits per heavy atom. The third kappa shape index (κ3) is 3.06. The molecule has 0 saturated carbocycles. The maximum atomic E-state index is 12.2. The molecule has 0 aliphatic carbocycles. The number of para-hydroxylation sites is 2. The first kappa shape index (κ1) is 14.0. The molecule has 1 saturated heterocycles. The van der Waals surface area contributed by atoms with Crippen LogP contribution < -0.4 is 5.32 Å². The van der Waals surface area contributed by atoms with Crippen molar-refractivity contribution in [3.05, 3.63) is 30.1 Å². The molecule has 1 amide bonds. The highest BCUT2D eigenvalue weighted by atomic mass is 16.3. The molecule has 0 spiro atoms. The van der Waals surface area contributed by atoms with Crippen molar-refractivity contribution in [2.45, 2.75) is 19.1 Å². The number of likely N-dealkylation sites (tertiary alicyclic amines) is 1. The van der Waals surface area contributed by atoms with E-state index in [0.717, 1.165) is 23.4 Å². The zero-order valence-corrected chi connectivity index (χ0v) is 12.0. The number of hydrogen-bond donors (Lipinski definition) is 3. The zero-order chi connectivity index (χ0) is 14.8. The average molecular weight is 288 g/mol. The molecule has 1 aromatic carbocycles. The summed E-state index contributed by atoms with van der Waals surface area (Å²) in [5.41, 5.74) is 1.85. The van der Waals surface area contributed by atoms with E-state index in [0.29, 0.717) is 19.5 Å². The normalized spacial score (nSPS) is 23.3. The largest absolute Gasteiger partial charge is 0.392 e. The van der Waals surface area contributed by atoms with Crippen molar-refractivity contribution in [1.82, 2.24) is 20.2 Å². The van der Waals surface area contributed by atoms with E-state index < -0.39 is 6.10 Å². The Morgan fingerprint density at radius 2 is 2.33 bits per heavy atom. The molecular weight excluding hydrogens is 268 g/mol. The van der Waals surface area contributed by atoms with Crippen molar-refractivity contribution in [1.29, 1.82) is 0 Å². The SMILES string of the molecule is CN1CC[C@@H](O)[C@H](C(=O)NCc2nc3ccccc3[nH]2)C1. The molecule has 1 aliphatic heterocycles. The minimum absolute atomic E-state index is 0.116. The molecule has 0 unspecified atom stereocenters. The van der Waals surface area contributed by atoms with Crippen LogP contribution in [0.1, 0.15) is 12.2 Å². The highest BCUT2D eigenvalue weighted by Gasteiger charge is 2.31. The standard InChI is InChI=1S/C15H20N4O2/c1-19-7-6-13(20)10(9-19)15(21)16-8-14-17-11-4-2-3-5-12(11)18-14/h2-5,10,13,20H,6-9H2,1H3,(H,16,21)(H,17,18)/t10-,13-/m1/s1. The fourth-order valence-corrected chi connectivity index (χ4v) is 2.75. The summed E-state index contributed by atoms with van der Waals surface area (Å²) in [4.78, 5) is 21.9. The van der Waals surface area contributed by atoms with E-state index >= 15 is 0 Å². The number of hydrogen-bond acceptors (Lipinski definition) is 4. The summed E-state index contributed by atoms with van der Waals surface area (Å²) in [6.45, 7) is 1.77. The van der Waals surface area contributed by atoms with Gasteiger partial charge in [-0.25, -0.2) is 4.98 Å². The number of benzene rings is 1. The molecule has 2 aromatic rings. The first-order valence-corrected chi connectivity index (χ1v) is 7.21. The quantitative estimate of drug-likeness (QED) is 0.768. The van der Waals surface area contributed by atoms with E-state index in [1.165, 1.54) is 0 Å². The first-order valence-electron chi connectivity index (χ1n) is 7.21. The van der Waals surface area contributed by atoms with E-state index in [4.69, 9.17) is 0 Å². The summed E-state index contributed by atoms with van der Waals surface area (Å²) in [5.74, 6) is 0.242. The van der Waals surface area contributed by atoms with Crippen LogP contribution in [0.4, 0.5) is 0 Å². The van der Waals surface area contributed by atoms with Crippen LogP contribution in [-0.2, 0) is 11.3 Å². The summed E-state index contributed by atoms with van der Waals surface area (Å²) in [5, 5.41) is 12.8. The Balaban J connectivity index is 1.62. The Morgan fingerprint density at radius 1 is 1.52 bits per heavy atom. The van der Waals surface area contributed by atoms with Gasteiger partial charge in [-0.05, 0) is 25.6 Å². The van der Waals surface area contributed by atoms with Crippen LogP contribution in [0.2, 0.25) is 0 Å². The zero-order valence-electron chi connectivity index (χ0n) is 12.0. The number of imidazole rings is 1. The van der Waals surface area contributed by atoms with Gasteiger partial charge in [0.1, 0.15) is 5.82 Å². The second-order valence-electron chi connectivity index (χ2n) is 5.64. The lowest BCUT2D eigenvalue weighted by molar-refractivity contribution is -0.131. The Labute approximate surface area is 123 Å². The lowest BCUT2D eigenvalue weighted by Gasteiger charge is -2.32. The molecule has 6 heteroatoms. The molecule has 3 N–H and O–H groups in total. The first-order chi connectivity index (χ1) is 10.1. The molecule has 2 atom stereocenters. The van der Waals surface area contributed by atoms with Crippen LogP contribution in [-0.4, -0.2) is 52.1 Å². The molecule has 112 valence electrons. The van der Waals surface area contributed by atoms with E-state index in [9.17, 15) is 9.90 Å². The molecule has 1 aliphatic rings. The maximum absolute atomic E-state index is 12.2. The summed E-state index contributed by atoms with van der Waals surface area (Å²) >= 11 is 0. The van der Waals surface area contributed by atoms with Crippen molar-refractivity contribution in [3.63, 3.8) is 0 Å². The van der Waals surface area contributed by atoms with Gasteiger partial charge in [0.2, 0.25) is 5.91 Å². The monoisotopic (exact) mass is 288 g/mol. The number of aromatic nitrogens is 2. The molecule has 1 aromatic heterocycles. The number of nitrogens with one attached hydrogen (secondary N) is 2. The molecule has 3 rings (SSSR count). The molecule has 2 heterocycles. The van der Waals surface area contributed by atoms with Crippen LogP contribution >= 0.6 is 0 Å². The number of carbonyl (C=O) groups excluding carboxylic acids is 1. The second-order valence-corrected chi connectivity index (χ2v) is 5.64. The predicted molar refractivity (Wildman–Crippen MR) is 79.6 cm³/mol.